The Bertz CT molecular complexity index is 625. The van der Waals surface area contributed by atoms with Gasteiger partial charge in [-0.15, -0.1) is 10.2 Å². The zero-order chi connectivity index (χ0) is 14.8. The Morgan fingerprint density at radius 1 is 1.24 bits per heavy atom. The van der Waals surface area contributed by atoms with Crippen molar-refractivity contribution in [1.82, 2.24) is 10.2 Å². The Morgan fingerprint density at radius 3 is 2.62 bits per heavy atom. The molecule has 0 spiro atoms. The number of rotatable bonds is 6. The topological polar surface area (TPSA) is 47.5 Å². The summed E-state index contributed by atoms with van der Waals surface area (Å²) in [5, 5.41) is 10.4. The van der Waals surface area contributed by atoms with E-state index in [4.69, 9.17) is 9.47 Å². The van der Waals surface area contributed by atoms with E-state index in [0.29, 0.717) is 6.04 Å². The summed E-state index contributed by atoms with van der Waals surface area (Å²) in [5.74, 6) is 1.72. The van der Waals surface area contributed by atoms with Crippen LogP contribution in [0.15, 0.2) is 18.2 Å². The van der Waals surface area contributed by atoms with Crippen molar-refractivity contribution in [3.05, 3.63) is 28.8 Å². The van der Waals surface area contributed by atoms with E-state index >= 15 is 0 Å². The molecule has 112 valence electrons. The van der Waals surface area contributed by atoms with Crippen LogP contribution in [0.1, 0.15) is 23.4 Å². The van der Waals surface area contributed by atoms with E-state index in [1.165, 1.54) is 12.8 Å². The number of hydrogen-bond acceptors (Lipinski definition) is 6. The Morgan fingerprint density at radius 2 is 2.05 bits per heavy atom. The summed E-state index contributed by atoms with van der Waals surface area (Å²) in [7, 11) is 3.38. The maximum Gasteiger partial charge on any atom is 0.208 e. The molecular formula is C15H19N3O2S. The molecule has 1 saturated carbocycles. The molecule has 1 aromatic carbocycles. The van der Waals surface area contributed by atoms with Crippen molar-refractivity contribution < 1.29 is 9.47 Å². The van der Waals surface area contributed by atoms with Crippen LogP contribution in [0.4, 0.5) is 5.13 Å². The Labute approximate surface area is 128 Å². The Kier molecular flexibility index (Phi) is 3.96. The van der Waals surface area contributed by atoms with Crippen molar-refractivity contribution in [2.24, 2.45) is 0 Å². The van der Waals surface area contributed by atoms with Crippen LogP contribution in [0.5, 0.6) is 11.5 Å². The first-order valence-corrected chi connectivity index (χ1v) is 7.80. The molecule has 1 aromatic heterocycles. The lowest BCUT2D eigenvalue weighted by molar-refractivity contribution is 0.398. The molecule has 0 atom stereocenters. The number of benzene rings is 1. The van der Waals surface area contributed by atoms with Crippen LogP contribution in [0.3, 0.4) is 0 Å². The smallest absolute Gasteiger partial charge is 0.208 e. The van der Waals surface area contributed by atoms with Gasteiger partial charge in [-0.3, -0.25) is 0 Å². The first-order chi connectivity index (χ1) is 10.2. The van der Waals surface area contributed by atoms with Crippen LogP contribution in [-0.2, 0) is 6.54 Å². The average Bonchev–Trinajstić information content (AvgIpc) is 3.26. The zero-order valence-electron chi connectivity index (χ0n) is 12.5. The number of aryl methyl sites for hydroxylation is 1. The molecule has 1 fully saturated rings. The highest BCUT2D eigenvalue weighted by Crippen LogP contribution is 2.36. The van der Waals surface area contributed by atoms with Gasteiger partial charge in [0.25, 0.3) is 0 Å². The number of methoxy groups -OCH3 is 2. The van der Waals surface area contributed by atoms with Gasteiger partial charge in [-0.25, -0.2) is 0 Å². The quantitative estimate of drug-likeness (QED) is 0.821. The third-order valence-electron chi connectivity index (χ3n) is 3.58. The minimum absolute atomic E-state index is 0.563. The zero-order valence-corrected chi connectivity index (χ0v) is 13.3. The van der Waals surface area contributed by atoms with Crippen LogP contribution in [0, 0.1) is 6.92 Å². The highest BCUT2D eigenvalue weighted by Gasteiger charge is 2.31. The molecule has 1 aliphatic rings. The van der Waals surface area contributed by atoms with Gasteiger partial charge in [0.15, 0.2) is 0 Å². The number of aromatic nitrogens is 2. The number of nitrogens with zero attached hydrogens (tertiary/aromatic N) is 3. The predicted molar refractivity (Wildman–Crippen MR) is 83.4 cm³/mol. The molecule has 2 aromatic rings. The number of ether oxygens (including phenoxy) is 2. The largest absolute Gasteiger partial charge is 0.497 e. The normalized spacial score (nSPS) is 14.0. The lowest BCUT2D eigenvalue weighted by Crippen LogP contribution is -2.25. The van der Waals surface area contributed by atoms with E-state index in [0.717, 1.165) is 33.7 Å². The molecule has 6 heteroatoms. The maximum absolute atomic E-state index is 5.47. The first kappa shape index (κ1) is 14.1. The minimum Gasteiger partial charge on any atom is -0.497 e. The van der Waals surface area contributed by atoms with Crippen molar-refractivity contribution in [1.29, 1.82) is 0 Å². The summed E-state index contributed by atoms with van der Waals surface area (Å²) in [6.45, 7) is 2.75. The van der Waals surface area contributed by atoms with Crippen molar-refractivity contribution >= 4 is 16.5 Å². The highest BCUT2D eigenvalue weighted by atomic mass is 32.1. The van der Waals surface area contributed by atoms with E-state index in [2.05, 4.69) is 15.1 Å². The monoisotopic (exact) mass is 305 g/mol. The lowest BCUT2D eigenvalue weighted by atomic mass is 10.1. The van der Waals surface area contributed by atoms with Gasteiger partial charge in [-0.05, 0) is 38.0 Å². The van der Waals surface area contributed by atoms with E-state index in [1.54, 1.807) is 25.6 Å². The van der Waals surface area contributed by atoms with Gasteiger partial charge in [-0.1, -0.05) is 11.3 Å². The molecule has 0 N–H and O–H groups in total. The van der Waals surface area contributed by atoms with Crippen LogP contribution in [0.2, 0.25) is 0 Å². The third kappa shape index (κ3) is 3.10. The molecule has 0 radical (unpaired) electrons. The molecule has 0 bridgehead atoms. The van der Waals surface area contributed by atoms with Gasteiger partial charge in [0.2, 0.25) is 5.13 Å². The summed E-state index contributed by atoms with van der Waals surface area (Å²) < 4.78 is 10.8. The molecule has 0 amide bonds. The second kappa shape index (κ2) is 5.89. The summed E-state index contributed by atoms with van der Waals surface area (Å²) in [5.41, 5.74) is 1.11. The molecule has 1 heterocycles. The second-order valence-electron chi connectivity index (χ2n) is 5.14. The minimum atomic E-state index is 0.563. The SMILES string of the molecule is COc1ccc(OC)c(CN(c2nnc(C)s2)C2CC2)c1. The summed E-state index contributed by atoms with van der Waals surface area (Å²) in [6.07, 6.45) is 2.43. The Balaban J connectivity index is 1.89. The third-order valence-corrected chi connectivity index (χ3v) is 4.45. The fourth-order valence-electron chi connectivity index (χ4n) is 2.33. The van der Waals surface area contributed by atoms with Gasteiger partial charge >= 0.3 is 0 Å². The number of hydrogen-bond donors (Lipinski definition) is 0. The van der Waals surface area contributed by atoms with Crippen molar-refractivity contribution in [2.75, 3.05) is 19.1 Å². The van der Waals surface area contributed by atoms with Crippen molar-refractivity contribution in [3.8, 4) is 11.5 Å². The van der Waals surface area contributed by atoms with Gasteiger partial charge in [0.05, 0.1) is 14.2 Å². The first-order valence-electron chi connectivity index (χ1n) is 6.99. The van der Waals surface area contributed by atoms with Crippen molar-refractivity contribution in [3.63, 3.8) is 0 Å². The maximum atomic E-state index is 5.47. The van der Waals surface area contributed by atoms with E-state index in [-0.39, 0.29) is 0 Å². The summed E-state index contributed by atoms with van der Waals surface area (Å²) >= 11 is 1.64. The molecule has 3 rings (SSSR count). The molecule has 0 unspecified atom stereocenters. The average molecular weight is 305 g/mol. The van der Waals surface area contributed by atoms with E-state index < -0.39 is 0 Å². The summed E-state index contributed by atoms with van der Waals surface area (Å²) in [4.78, 5) is 2.32. The van der Waals surface area contributed by atoms with Gasteiger partial charge in [-0.2, -0.15) is 0 Å². The standard InChI is InChI=1S/C15H19N3O2S/c1-10-16-17-15(21-10)18(12-4-5-12)9-11-8-13(19-2)6-7-14(11)20-3/h6-8,12H,4-5,9H2,1-3H3. The Hall–Kier alpha value is -1.82. The van der Waals surface area contributed by atoms with Gasteiger partial charge in [0.1, 0.15) is 16.5 Å². The molecule has 0 saturated heterocycles. The molecule has 0 aliphatic heterocycles. The summed E-state index contributed by atoms with van der Waals surface area (Å²) in [6, 6.07) is 6.46. The van der Waals surface area contributed by atoms with Gasteiger partial charge < -0.3 is 14.4 Å². The fourth-order valence-corrected chi connectivity index (χ4v) is 3.09. The molecule has 1 aliphatic carbocycles. The molecular weight excluding hydrogens is 286 g/mol. The van der Waals surface area contributed by atoms with E-state index in [1.807, 2.05) is 25.1 Å². The van der Waals surface area contributed by atoms with Crippen LogP contribution in [-0.4, -0.2) is 30.5 Å². The van der Waals surface area contributed by atoms with E-state index in [9.17, 15) is 0 Å². The van der Waals surface area contributed by atoms with Crippen LogP contribution < -0.4 is 14.4 Å². The predicted octanol–water partition coefficient (Wildman–Crippen LogP) is 3.03. The van der Waals surface area contributed by atoms with Crippen LogP contribution >= 0.6 is 11.3 Å². The molecule has 21 heavy (non-hydrogen) atoms. The fraction of sp³-hybridized carbons (Fsp3) is 0.467. The second-order valence-corrected chi connectivity index (χ2v) is 6.30. The van der Waals surface area contributed by atoms with Gasteiger partial charge in [0, 0.05) is 18.2 Å². The van der Waals surface area contributed by atoms with Crippen LogP contribution in [0.25, 0.3) is 0 Å². The highest BCUT2D eigenvalue weighted by molar-refractivity contribution is 7.15. The number of anilines is 1. The lowest BCUT2D eigenvalue weighted by Gasteiger charge is -2.22. The molecule has 5 nitrogen and oxygen atoms in total. The van der Waals surface area contributed by atoms with Crippen molar-refractivity contribution in [2.45, 2.75) is 32.4 Å².